The van der Waals surface area contributed by atoms with Crippen molar-refractivity contribution >= 4 is 29.1 Å². The van der Waals surface area contributed by atoms with E-state index in [0.29, 0.717) is 55.5 Å². The van der Waals surface area contributed by atoms with Crippen molar-refractivity contribution in [3.8, 4) is 11.5 Å². The number of aliphatic hydroxyl groups is 1. The fourth-order valence-corrected chi connectivity index (χ4v) is 4.67. The summed E-state index contributed by atoms with van der Waals surface area (Å²) in [6.45, 7) is 6.16. The quantitative estimate of drug-likeness (QED) is 0.337. The third-order valence-electron chi connectivity index (χ3n) is 6.23. The Morgan fingerprint density at radius 1 is 1.11 bits per heavy atom. The Hall–Kier alpha value is -3.07. The molecule has 0 spiro atoms. The Balaban J connectivity index is 1.73. The molecule has 2 aliphatic heterocycles. The van der Waals surface area contributed by atoms with Gasteiger partial charge in [-0.3, -0.25) is 14.5 Å². The minimum absolute atomic E-state index is 0.0300. The second-order valence-electron chi connectivity index (χ2n) is 8.30. The van der Waals surface area contributed by atoms with Gasteiger partial charge in [-0.1, -0.05) is 23.7 Å². The minimum Gasteiger partial charge on any atom is -0.507 e. The van der Waals surface area contributed by atoms with Crippen LogP contribution in [0.3, 0.4) is 0 Å². The number of aliphatic hydroxyl groups excluding tert-OH is 1. The molecule has 1 N–H and O–H groups in total. The molecule has 0 aromatic heterocycles. The first-order chi connectivity index (χ1) is 16.9. The van der Waals surface area contributed by atoms with E-state index in [9.17, 15) is 14.7 Å². The van der Waals surface area contributed by atoms with Gasteiger partial charge in [-0.2, -0.15) is 0 Å². The van der Waals surface area contributed by atoms with Gasteiger partial charge in [0, 0.05) is 31.7 Å². The summed E-state index contributed by atoms with van der Waals surface area (Å²) in [5.41, 5.74) is 1.07. The molecule has 4 rings (SSSR count). The van der Waals surface area contributed by atoms with Gasteiger partial charge in [-0.25, -0.2) is 0 Å². The van der Waals surface area contributed by atoms with Crippen molar-refractivity contribution in [1.82, 2.24) is 9.80 Å². The van der Waals surface area contributed by atoms with Crippen LogP contribution >= 0.6 is 11.6 Å². The second kappa shape index (κ2) is 11.1. The lowest BCUT2D eigenvalue weighted by Crippen LogP contribution is -2.42. The van der Waals surface area contributed by atoms with Crippen molar-refractivity contribution in [2.24, 2.45) is 0 Å². The number of hydrogen-bond donors (Lipinski definition) is 1. The maximum Gasteiger partial charge on any atom is 0.295 e. The van der Waals surface area contributed by atoms with E-state index in [1.165, 1.54) is 18.1 Å². The highest BCUT2D eigenvalue weighted by Gasteiger charge is 2.46. The van der Waals surface area contributed by atoms with Crippen LogP contribution in [-0.2, 0) is 14.3 Å². The third kappa shape index (κ3) is 5.29. The normalized spacial score (nSPS) is 20.3. The van der Waals surface area contributed by atoms with Crippen LogP contribution in [0.25, 0.3) is 5.76 Å². The first kappa shape index (κ1) is 25.0. The van der Waals surface area contributed by atoms with Crippen LogP contribution in [0.4, 0.5) is 0 Å². The van der Waals surface area contributed by atoms with Gasteiger partial charge in [0.05, 0.1) is 43.6 Å². The van der Waals surface area contributed by atoms with E-state index in [4.69, 9.17) is 25.8 Å². The number of methoxy groups -OCH3 is 1. The van der Waals surface area contributed by atoms with Gasteiger partial charge in [0.1, 0.15) is 17.3 Å². The highest BCUT2D eigenvalue weighted by molar-refractivity contribution is 6.46. The lowest BCUT2D eigenvalue weighted by atomic mass is 9.95. The molecule has 9 heteroatoms. The molecule has 0 radical (unpaired) electrons. The highest BCUT2D eigenvalue weighted by atomic mass is 35.5. The van der Waals surface area contributed by atoms with Crippen molar-refractivity contribution in [1.29, 1.82) is 0 Å². The van der Waals surface area contributed by atoms with Gasteiger partial charge in [0.15, 0.2) is 0 Å². The van der Waals surface area contributed by atoms with Crippen LogP contribution in [0.15, 0.2) is 48.0 Å². The molecule has 35 heavy (non-hydrogen) atoms. The zero-order valence-corrected chi connectivity index (χ0v) is 20.6. The number of benzene rings is 2. The third-order valence-corrected chi connectivity index (χ3v) is 6.53. The van der Waals surface area contributed by atoms with E-state index in [2.05, 4.69) is 4.90 Å². The van der Waals surface area contributed by atoms with Crippen molar-refractivity contribution in [2.45, 2.75) is 13.0 Å². The number of ether oxygens (including phenoxy) is 3. The Morgan fingerprint density at radius 3 is 2.46 bits per heavy atom. The molecule has 2 aromatic rings. The first-order valence-corrected chi connectivity index (χ1v) is 12.0. The Morgan fingerprint density at radius 2 is 1.83 bits per heavy atom. The number of ketones is 1. The van der Waals surface area contributed by atoms with Gasteiger partial charge in [-0.15, -0.1) is 0 Å². The monoisotopic (exact) mass is 500 g/mol. The smallest absolute Gasteiger partial charge is 0.295 e. The molecule has 2 fully saturated rings. The van der Waals surface area contributed by atoms with E-state index in [1.807, 2.05) is 19.1 Å². The molecule has 2 saturated heterocycles. The molecule has 1 atom stereocenters. The number of likely N-dealkylation sites (tertiary alicyclic amines) is 1. The molecular weight excluding hydrogens is 472 g/mol. The summed E-state index contributed by atoms with van der Waals surface area (Å²) in [6, 6.07) is 11.2. The van der Waals surface area contributed by atoms with Crippen LogP contribution < -0.4 is 9.47 Å². The molecule has 0 aliphatic carbocycles. The summed E-state index contributed by atoms with van der Waals surface area (Å²) in [6.07, 6.45) is 0. The number of amides is 1. The first-order valence-electron chi connectivity index (χ1n) is 11.6. The summed E-state index contributed by atoms with van der Waals surface area (Å²) >= 11 is 6.26. The van der Waals surface area contributed by atoms with Crippen LogP contribution in [0.1, 0.15) is 24.1 Å². The highest BCUT2D eigenvalue weighted by Crippen LogP contribution is 2.40. The second-order valence-corrected chi connectivity index (χ2v) is 8.71. The Labute approximate surface area is 209 Å². The standard InChI is InChI=1S/C26H29ClN2O6/c1-3-35-19-7-4-17(5-8-19)23-22(24(30)18-6-9-21(33-2)20(27)16-18)25(31)26(32)29(23)11-10-28-12-14-34-15-13-28/h4-9,16,23,30H,3,10-15H2,1-2H3/t23-/m0/s1. The summed E-state index contributed by atoms with van der Waals surface area (Å²) in [7, 11) is 1.49. The van der Waals surface area contributed by atoms with Gasteiger partial charge in [-0.05, 0) is 42.8 Å². The minimum atomic E-state index is -0.743. The number of Topliss-reactive ketones (excluding diaryl/α,β-unsaturated/α-hetero) is 1. The van der Waals surface area contributed by atoms with Crippen LogP contribution in [0, 0.1) is 0 Å². The molecule has 0 bridgehead atoms. The van der Waals surface area contributed by atoms with Crippen LogP contribution in [-0.4, -0.2) is 79.7 Å². The Kier molecular flexibility index (Phi) is 7.95. The largest absolute Gasteiger partial charge is 0.507 e. The Bertz CT molecular complexity index is 1110. The van der Waals surface area contributed by atoms with Crippen molar-refractivity contribution in [2.75, 3.05) is 53.1 Å². The molecule has 186 valence electrons. The summed E-state index contributed by atoms with van der Waals surface area (Å²) in [4.78, 5) is 30.1. The van der Waals surface area contributed by atoms with Crippen molar-refractivity contribution in [3.05, 3.63) is 64.2 Å². The molecule has 2 heterocycles. The predicted octanol–water partition coefficient (Wildman–Crippen LogP) is 3.50. The zero-order chi connectivity index (χ0) is 24.9. The molecule has 0 unspecified atom stereocenters. The van der Waals surface area contributed by atoms with Crippen molar-refractivity contribution in [3.63, 3.8) is 0 Å². The number of hydrogen-bond acceptors (Lipinski definition) is 7. The number of carbonyl (C=O) groups excluding carboxylic acids is 2. The average molecular weight is 501 g/mol. The molecule has 2 aliphatic rings. The lowest BCUT2D eigenvalue weighted by molar-refractivity contribution is -0.140. The van der Waals surface area contributed by atoms with E-state index in [-0.39, 0.29) is 16.4 Å². The molecule has 1 amide bonds. The number of halogens is 1. The molecule has 8 nitrogen and oxygen atoms in total. The molecule has 2 aromatic carbocycles. The van der Waals surface area contributed by atoms with Crippen LogP contribution in [0.2, 0.25) is 5.02 Å². The fraction of sp³-hybridized carbons (Fsp3) is 0.385. The van der Waals surface area contributed by atoms with Gasteiger partial charge in [0.2, 0.25) is 0 Å². The van der Waals surface area contributed by atoms with E-state index >= 15 is 0 Å². The van der Waals surface area contributed by atoms with Crippen LogP contribution in [0.5, 0.6) is 11.5 Å². The number of nitrogens with zero attached hydrogens (tertiary/aromatic N) is 2. The van der Waals surface area contributed by atoms with E-state index in [0.717, 1.165) is 13.1 Å². The fourth-order valence-electron chi connectivity index (χ4n) is 4.41. The van der Waals surface area contributed by atoms with E-state index < -0.39 is 17.7 Å². The summed E-state index contributed by atoms with van der Waals surface area (Å²) < 4.78 is 16.1. The summed E-state index contributed by atoms with van der Waals surface area (Å²) in [5.74, 6) is -0.519. The van der Waals surface area contributed by atoms with Gasteiger partial charge in [0.25, 0.3) is 11.7 Å². The average Bonchev–Trinajstić information content (AvgIpc) is 3.13. The number of carbonyl (C=O) groups is 2. The zero-order valence-electron chi connectivity index (χ0n) is 19.8. The van der Waals surface area contributed by atoms with Gasteiger partial charge >= 0.3 is 0 Å². The number of morpholine rings is 1. The molecule has 0 saturated carbocycles. The number of rotatable bonds is 8. The SMILES string of the molecule is CCOc1ccc([C@H]2C(=C(O)c3ccc(OC)c(Cl)c3)C(=O)C(=O)N2CCN2CCOCC2)cc1. The van der Waals surface area contributed by atoms with Gasteiger partial charge < -0.3 is 24.2 Å². The predicted molar refractivity (Wildman–Crippen MR) is 132 cm³/mol. The maximum atomic E-state index is 13.2. The van der Waals surface area contributed by atoms with E-state index in [1.54, 1.807) is 24.3 Å². The lowest BCUT2D eigenvalue weighted by Gasteiger charge is -2.31. The topological polar surface area (TPSA) is 88.5 Å². The van der Waals surface area contributed by atoms with Crippen molar-refractivity contribution < 1.29 is 28.9 Å². The summed E-state index contributed by atoms with van der Waals surface area (Å²) in [5, 5.41) is 11.5. The molecular formula is C26H29ClN2O6. The maximum absolute atomic E-state index is 13.2.